The highest BCUT2D eigenvalue weighted by Crippen LogP contribution is 2.30. The Hall–Kier alpha value is -2.78. The maximum atomic E-state index is 12.6. The highest BCUT2D eigenvalue weighted by molar-refractivity contribution is 6.03. The largest absolute Gasteiger partial charge is 0.351 e. The molecule has 2 amide bonds. The van der Waals surface area contributed by atoms with Gasteiger partial charge >= 0.3 is 0 Å². The first-order valence-corrected chi connectivity index (χ1v) is 9.86. The van der Waals surface area contributed by atoms with Crippen LogP contribution in [0, 0.1) is 12.8 Å². The summed E-state index contributed by atoms with van der Waals surface area (Å²) in [6.45, 7) is 7.02. The highest BCUT2D eigenvalue weighted by Gasteiger charge is 2.29. The minimum atomic E-state index is -0.448. The van der Waals surface area contributed by atoms with Crippen molar-refractivity contribution in [3.63, 3.8) is 0 Å². The van der Waals surface area contributed by atoms with Crippen LogP contribution in [-0.2, 0) is 20.8 Å². The van der Waals surface area contributed by atoms with Crippen LogP contribution >= 0.6 is 0 Å². The molecule has 1 aromatic heterocycles. The van der Waals surface area contributed by atoms with Crippen molar-refractivity contribution >= 4 is 23.2 Å². The summed E-state index contributed by atoms with van der Waals surface area (Å²) >= 11 is 0. The van der Waals surface area contributed by atoms with Crippen LogP contribution < -0.4 is 10.6 Å². The van der Waals surface area contributed by atoms with Gasteiger partial charge in [0.2, 0.25) is 5.91 Å². The van der Waals surface area contributed by atoms with E-state index in [-0.39, 0.29) is 23.4 Å². The summed E-state index contributed by atoms with van der Waals surface area (Å²) in [4.78, 5) is 24.6. The third-order valence-electron chi connectivity index (χ3n) is 4.51. The van der Waals surface area contributed by atoms with E-state index in [2.05, 4.69) is 20.9 Å². The number of ether oxygens (including phenoxy) is 2. The van der Waals surface area contributed by atoms with E-state index in [0.717, 1.165) is 18.4 Å². The maximum Gasteiger partial charge on any atom is 0.277 e. The van der Waals surface area contributed by atoms with Crippen LogP contribution in [0.15, 0.2) is 24.4 Å². The van der Waals surface area contributed by atoms with Crippen molar-refractivity contribution < 1.29 is 19.1 Å². The molecule has 1 saturated carbocycles. The summed E-state index contributed by atoms with van der Waals surface area (Å²) in [5.74, 6) is -0.247. The van der Waals surface area contributed by atoms with E-state index in [1.165, 1.54) is 4.68 Å². The Bertz CT molecular complexity index is 856. The number of anilines is 2. The van der Waals surface area contributed by atoms with E-state index < -0.39 is 6.29 Å². The van der Waals surface area contributed by atoms with Crippen molar-refractivity contribution in [2.75, 3.05) is 23.8 Å². The van der Waals surface area contributed by atoms with Crippen LogP contribution in [0.2, 0.25) is 0 Å². The van der Waals surface area contributed by atoms with Crippen LogP contribution in [0.3, 0.4) is 0 Å². The normalized spacial score (nSPS) is 13.5. The molecule has 1 aromatic carbocycles. The topological polar surface area (TPSA) is 107 Å². The number of nitrogens with one attached hydrogen (secondary N) is 2. The van der Waals surface area contributed by atoms with Gasteiger partial charge in [0.15, 0.2) is 12.0 Å². The molecule has 1 fully saturated rings. The second kappa shape index (κ2) is 9.62. The summed E-state index contributed by atoms with van der Waals surface area (Å²) in [5, 5.41) is 13.6. The SMILES string of the molecule is CCOC(Cn1cc(C(=O)Nc2cc(NC(=O)C3CC3)ccc2C)nn1)OCC. The maximum absolute atomic E-state index is 12.6. The van der Waals surface area contributed by atoms with Crippen LogP contribution in [0.4, 0.5) is 11.4 Å². The van der Waals surface area contributed by atoms with Crippen molar-refractivity contribution in [2.24, 2.45) is 5.92 Å². The molecule has 0 atom stereocenters. The predicted octanol–water partition coefficient (Wildman–Crippen LogP) is 2.59. The number of nitrogens with zero attached hydrogens (tertiary/aromatic N) is 3. The first kappa shape index (κ1) is 20.9. The van der Waals surface area contributed by atoms with Crippen LogP contribution in [-0.4, -0.2) is 46.3 Å². The van der Waals surface area contributed by atoms with Gasteiger partial charge < -0.3 is 20.1 Å². The molecule has 0 aliphatic heterocycles. The number of aryl methyl sites for hydroxylation is 1. The first-order valence-electron chi connectivity index (χ1n) is 9.86. The van der Waals surface area contributed by atoms with Gasteiger partial charge in [-0.1, -0.05) is 11.3 Å². The fourth-order valence-corrected chi connectivity index (χ4v) is 2.78. The number of amides is 2. The van der Waals surface area contributed by atoms with Crippen LogP contribution in [0.1, 0.15) is 42.7 Å². The van der Waals surface area contributed by atoms with Gasteiger partial charge in [-0.15, -0.1) is 5.10 Å². The summed E-state index contributed by atoms with van der Waals surface area (Å²) in [6, 6.07) is 5.42. The van der Waals surface area contributed by atoms with E-state index >= 15 is 0 Å². The number of benzene rings is 1. The molecule has 1 heterocycles. The van der Waals surface area contributed by atoms with E-state index in [0.29, 0.717) is 31.1 Å². The lowest BCUT2D eigenvalue weighted by molar-refractivity contribution is -0.145. The zero-order chi connectivity index (χ0) is 20.8. The Morgan fingerprint density at radius 1 is 1.21 bits per heavy atom. The quantitative estimate of drug-likeness (QED) is 0.593. The molecular formula is C20H27N5O4. The molecule has 1 aliphatic rings. The Balaban J connectivity index is 1.64. The van der Waals surface area contributed by atoms with Crippen LogP contribution in [0.25, 0.3) is 0 Å². The summed E-state index contributed by atoms with van der Waals surface area (Å²) < 4.78 is 12.5. The van der Waals surface area contributed by atoms with E-state index in [1.807, 2.05) is 32.9 Å². The smallest absolute Gasteiger partial charge is 0.277 e. The van der Waals surface area contributed by atoms with Crippen molar-refractivity contribution in [2.45, 2.75) is 46.4 Å². The average molecular weight is 401 g/mol. The minimum Gasteiger partial charge on any atom is -0.351 e. The zero-order valence-electron chi connectivity index (χ0n) is 17.0. The standard InChI is InChI=1S/C20H27N5O4/c1-4-28-18(29-5-2)12-25-11-17(23-24-25)20(27)22-16-10-15(9-6-13(16)3)21-19(26)14-7-8-14/h6,9-11,14,18H,4-5,7-8,12H2,1-3H3,(H,21,26)(H,22,27). The predicted molar refractivity (Wildman–Crippen MR) is 108 cm³/mol. The van der Waals surface area contributed by atoms with Gasteiger partial charge in [0.1, 0.15) is 0 Å². The third-order valence-corrected chi connectivity index (χ3v) is 4.51. The van der Waals surface area contributed by atoms with Gasteiger partial charge in [0.25, 0.3) is 5.91 Å². The second-order valence-corrected chi connectivity index (χ2v) is 6.91. The van der Waals surface area contributed by atoms with Crippen LogP contribution in [0.5, 0.6) is 0 Å². The monoisotopic (exact) mass is 401 g/mol. The molecular weight excluding hydrogens is 374 g/mol. The molecule has 156 valence electrons. The Kier molecular flexibility index (Phi) is 6.95. The van der Waals surface area contributed by atoms with Gasteiger partial charge in [-0.25, -0.2) is 4.68 Å². The van der Waals surface area contributed by atoms with Gasteiger partial charge in [0, 0.05) is 30.5 Å². The van der Waals surface area contributed by atoms with Crippen molar-refractivity contribution in [1.82, 2.24) is 15.0 Å². The third kappa shape index (κ3) is 5.85. The lowest BCUT2D eigenvalue weighted by Crippen LogP contribution is -2.24. The summed E-state index contributed by atoms with van der Waals surface area (Å²) in [5.41, 5.74) is 2.33. The number of carbonyl (C=O) groups is 2. The van der Waals surface area contributed by atoms with Crippen molar-refractivity contribution in [3.8, 4) is 0 Å². The lowest BCUT2D eigenvalue weighted by Gasteiger charge is -2.16. The number of carbonyl (C=O) groups excluding carboxylic acids is 2. The molecule has 3 rings (SSSR count). The number of aromatic nitrogens is 3. The number of hydrogen-bond donors (Lipinski definition) is 2. The number of rotatable bonds is 10. The zero-order valence-corrected chi connectivity index (χ0v) is 17.0. The second-order valence-electron chi connectivity index (χ2n) is 6.91. The molecule has 1 aliphatic carbocycles. The summed E-state index contributed by atoms with van der Waals surface area (Å²) in [6.07, 6.45) is 2.97. The molecule has 2 aromatic rings. The lowest BCUT2D eigenvalue weighted by atomic mass is 10.1. The molecule has 0 bridgehead atoms. The Labute approximate surface area is 169 Å². The molecule has 29 heavy (non-hydrogen) atoms. The molecule has 0 radical (unpaired) electrons. The van der Waals surface area contributed by atoms with E-state index in [1.54, 1.807) is 12.3 Å². The van der Waals surface area contributed by atoms with Gasteiger partial charge in [0.05, 0.1) is 12.7 Å². The van der Waals surface area contributed by atoms with Gasteiger partial charge in [-0.3, -0.25) is 9.59 Å². The molecule has 0 saturated heterocycles. The fourth-order valence-electron chi connectivity index (χ4n) is 2.78. The molecule has 0 spiro atoms. The van der Waals surface area contributed by atoms with E-state index in [4.69, 9.17) is 9.47 Å². The van der Waals surface area contributed by atoms with Crippen molar-refractivity contribution in [3.05, 3.63) is 35.7 Å². The number of hydrogen-bond acceptors (Lipinski definition) is 6. The fraction of sp³-hybridized carbons (Fsp3) is 0.500. The van der Waals surface area contributed by atoms with E-state index in [9.17, 15) is 9.59 Å². The Morgan fingerprint density at radius 3 is 2.59 bits per heavy atom. The molecule has 0 unspecified atom stereocenters. The van der Waals surface area contributed by atoms with Crippen molar-refractivity contribution in [1.29, 1.82) is 0 Å². The highest BCUT2D eigenvalue weighted by atomic mass is 16.7. The molecule has 2 N–H and O–H groups in total. The summed E-state index contributed by atoms with van der Waals surface area (Å²) in [7, 11) is 0. The first-order chi connectivity index (χ1) is 14.0. The van der Waals surface area contributed by atoms with Gasteiger partial charge in [-0.05, 0) is 51.3 Å². The Morgan fingerprint density at radius 2 is 1.93 bits per heavy atom. The van der Waals surface area contributed by atoms with Gasteiger partial charge in [-0.2, -0.15) is 0 Å². The molecule has 9 nitrogen and oxygen atoms in total. The average Bonchev–Trinajstić information content (AvgIpc) is 3.44. The minimum absolute atomic E-state index is 0.0206. The molecule has 9 heteroatoms.